The van der Waals surface area contributed by atoms with Gasteiger partial charge in [-0.2, -0.15) is 11.8 Å². The van der Waals surface area contributed by atoms with Crippen molar-refractivity contribution in [3.8, 4) is 5.75 Å². The minimum atomic E-state index is 0.293. The highest BCUT2D eigenvalue weighted by atomic mass is 32.2. The summed E-state index contributed by atoms with van der Waals surface area (Å²) in [5.41, 5.74) is 4.58. The summed E-state index contributed by atoms with van der Waals surface area (Å²) < 4.78 is 6.20. The molecule has 132 valence electrons. The molecule has 0 saturated carbocycles. The average molecular weight is 363 g/mol. The first kappa shape index (κ1) is 17.0. The molecular formula is C22H21NO2S. The quantitative estimate of drug-likeness (QED) is 0.590. The molecule has 26 heavy (non-hydrogen) atoms. The Hall–Kier alpha value is -2.46. The maximum Gasteiger partial charge on any atom is 0.214 e. The highest BCUT2D eigenvalue weighted by Gasteiger charge is 2.31. The Morgan fingerprint density at radius 1 is 1.19 bits per heavy atom. The van der Waals surface area contributed by atoms with Crippen molar-refractivity contribution in [3.63, 3.8) is 0 Å². The van der Waals surface area contributed by atoms with E-state index in [0.29, 0.717) is 18.4 Å². The van der Waals surface area contributed by atoms with Crippen molar-refractivity contribution in [2.75, 3.05) is 17.7 Å². The predicted molar refractivity (Wildman–Crippen MR) is 109 cm³/mol. The first-order valence-corrected chi connectivity index (χ1v) is 9.99. The highest BCUT2D eigenvalue weighted by molar-refractivity contribution is 7.98. The third-order valence-electron chi connectivity index (χ3n) is 4.99. The summed E-state index contributed by atoms with van der Waals surface area (Å²) >= 11 is 1.79. The Kier molecular flexibility index (Phi) is 4.60. The largest absolute Gasteiger partial charge is 0.488 e. The van der Waals surface area contributed by atoms with Crippen LogP contribution >= 0.6 is 11.8 Å². The van der Waals surface area contributed by atoms with E-state index in [0.717, 1.165) is 28.8 Å². The molecule has 4 heteroatoms. The molecule has 1 heterocycles. The molecule has 1 aliphatic heterocycles. The molecular weight excluding hydrogens is 342 g/mol. The number of anilines is 1. The van der Waals surface area contributed by atoms with E-state index in [1.54, 1.807) is 16.7 Å². The van der Waals surface area contributed by atoms with Gasteiger partial charge in [-0.05, 0) is 35.3 Å². The lowest BCUT2D eigenvalue weighted by molar-refractivity contribution is -0.107. The summed E-state index contributed by atoms with van der Waals surface area (Å²) in [5, 5.41) is 2.63. The van der Waals surface area contributed by atoms with Gasteiger partial charge in [-0.3, -0.25) is 4.79 Å². The van der Waals surface area contributed by atoms with Gasteiger partial charge in [-0.15, -0.1) is 0 Å². The summed E-state index contributed by atoms with van der Waals surface area (Å²) in [5.74, 6) is 0.833. The van der Waals surface area contributed by atoms with Gasteiger partial charge in [0.15, 0.2) is 0 Å². The number of carbonyl (C=O) groups excluding carboxylic acids is 1. The van der Waals surface area contributed by atoms with E-state index in [9.17, 15) is 4.79 Å². The molecule has 4 rings (SSSR count). The third-order valence-corrected chi connectivity index (χ3v) is 5.95. The molecule has 0 fully saturated rings. The molecule has 0 spiro atoms. The van der Waals surface area contributed by atoms with Crippen LogP contribution in [0.25, 0.3) is 10.8 Å². The first-order chi connectivity index (χ1) is 12.7. The van der Waals surface area contributed by atoms with Gasteiger partial charge in [-0.25, -0.2) is 0 Å². The van der Waals surface area contributed by atoms with Gasteiger partial charge >= 0.3 is 0 Å². The zero-order valence-corrected chi connectivity index (χ0v) is 15.8. The van der Waals surface area contributed by atoms with E-state index in [-0.39, 0.29) is 0 Å². The summed E-state index contributed by atoms with van der Waals surface area (Å²) in [4.78, 5) is 13.4. The van der Waals surface area contributed by atoms with E-state index >= 15 is 0 Å². The van der Waals surface area contributed by atoms with Crippen molar-refractivity contribution in [3.05, 3.63) is 71.3 Å². The van der Waals surface area contributed by atoms with Crippen molar-refractivity contribution in [2.45, 2.75) is 18.8 Å². The second-order valence-corrected chi connectivity index (χ2v) is 7.60. The zero-order chi connectivity index (χ0) is 18.1. The van der Waals surface area contributed by atoms with Crippen LogP contribution in [0.4, 0.5) is 5.69 Å². The van der Waals surface area contributed by atoms with Gasteiger partial charge < -0.3 is 9.64 Å². The summed E-state index contributed by atoms with van der Waals surface area (Å²) in [6, 6.07) is 18.5. The summed E-state index contributed by atoms with van der Waals surface area (Å²) in [6.07, 6.45) is 3.03. The lowest BCUT2D eigenvalue weighted by Crippen LogP contribution is -2.18. The first-order valence-electron chi connectivity index (χ1n) is 8.70. The van der Waals surface area contributed by atoms with Crippen molar-refractivity contribution in [2.24, 2.45) is 0 Å². The number of thioether (sulfide) groups is 1. The summed E-state index contributed by atoms with van der Waals surface area (Å²) in [6.45, 7) is 3.35. The Labute approximate surface area is 158 Å². The van der Waals surface area contributed by atoms with Crippen LogP contribution < -0.4 is 9.64 Å². The van der Waals surface area contributed by atoms with Crippen molar-refractivity contribution in [1.82, 2.24) is 0 Å². The van der Waals surface area contributed by atoms with Crippen LogP contribution in [0.5, 0.6) is 5.75 Å². The fourth-order valence-corrected chi connectivity index (χ4v) is 4.50. The van der Waals surface area contributed by atoms with Gasteiger partial charge in [0, 0.05) is 18.0 Å². The third kappa shape index (κ3) is 2.84. The number of aryl methyl sites for hydroxylation is 1. The van der Waals surface area contributed by atoms with E-state index < -0.39 is 0 Å². The smallest absolute Gasteiger partial charge is 0.214 e. The normalized spacial score (nSPS) is 15.9. The molecule has 0 N–H and O–H groups in total. The topological polar surface area (TPSA) is 29.5 Å². The molecule has 1 amide bonds. The maximum absolute atomic E-state index is 11.6. The van der Waals surface area contributed by atoms with Crippen molar-refractivity contribution in [1.29, 1.82) is 0 Å². The van der Waals surface area contributed by atoms with E-state index in [2.05, 4.69) is 43.5 Å². The second kappa shape index (κ2) is 7.04. The Balaban J connectivity index is 1.85. The molecule has 1 unspecified atom stereocenters. The monoisotopic (exact) mass is 363 g/mol. The van der Waals surface area contributed by atoms with Gasteiger partial charge in [0.2, 0.25) is 6.41 Å². The Morgan fingerprint density at radius 2 is 2.00 bits per heavy atom. The zero-order valence-electron chi connectivity index (χ0n) is 14.9. The second-order valence-electron chi connectivity index (χ2n) is 6.56. The van der Waals surface area contributed by atoms with E-state index in [1.165, 1.54) is 16.5 Å². The molecule has 1 aliphatic rings. The fraction of sp³-hybridized carbons (Fsp3) is 0.227. The number of hydrogen-bond donors (Lipinski definition) is 0. The van der Waals surface area contributed by atoms with E-state index in [4.69, 9.17) is 4.74 Å². The number of carbonyl (C=O) groups is 1. The molecule has 3 aromatic carbocycles. The molecule has 0 aromatic heterocycles. The van der Waals surface area contributed by atoms with Crippen LogP contribution in [0.15, 0.2) is 54.6 Å². The van der Waals surface area contributed by atoms with Gasteiger partial charge in [0.25, 0.3) is 0 Å². The van der Waals surface area contributed by atoms with Crippen LogP contribution in [-0.2, 0) is 11.4 Å². The number of nitrogens with zero attached hydrogens (tertiary/aromatic N) is 1. The van der Waals surface area contributed by atoms with E-state index in [1.807, 2.05) is 24.3 Å². The standard InChI is InChI=1S/C22H21NO2S/c1-15-7-6-10-17-19(25-13-16-8-4-3-5-9-16)11-18-22(21(15)17)20(26-2)12-23(18)14-24/h3-11,14,20H,12-13H2,1-2H3. The molecule has 0 saturated heterocycles. The number of rotatable bonds is 5. The number of ether oxygens (including phenoxy) is 1. The number of hydrogen-bond acceptors (Lipinski definition) is 3. The Bertz CT molecular complexity index is 955. The van der Waals surface area contributed by atoms with Gasteiger partial charge in [-0.1, -0.05) is 48.5 Å². The summed E-state index contributed by atoms with van der Waals surface area (Å²) in [7, 11) is 0. The van der Waals surface area contributed by atoms with Crippen LogP contribution in [0.1, 0.15) is 21.9 Å². The number of fused-ring (bicyclic) bond motifs is 3. The Morgan fingerprint density at radius 3 is 2.73 bits per heavy atom. The predicted octanol–water partition coefficient (Wildman–Crippen LogP) is 5.11. The van der Waals surface area contributed by atoms with Gasteiger partial charge in [0.1, 0.15) is 12.4 Å². The van der Waals surface area contributed by atoms with Crippen LogP contribution in [-0.4, -0.2) is 19.2 Å². The van der Waals surface area contributed by atoms with Gasteiger partial charge in [0.05, 0.1) is 10.9 Å². The molecule has 1 atom stereocenters. The lowest BCUT2D eigenvalue weighted by Gasteiger charge is -2.17. The maximum atomic E-state index is 11.6. The lowest BCUT2D eigenvalue weighted by atomic mass is 9.97. The van der Waals surface area contributed by atoms with Crippen LogP contribution in [0.2, 0.25) is 0 Å². The SMILES string of the molecule is CSC1CN(C=O)c2cc(OCc3ccccc3)c3cccc(C)c3c21. The molecule has 0 bridgehead atoms. The highest BCUT2D eigenvalue weighted by Crippen LogP contribution is 2.48. The molecule has 3 nitrogen and oxygen atoms in total. The molecule has 3 aromatic rings. The number of amides is 1. The van der Waals surface area contributed by atoms with Crippen LogP contribution in [0.3, 0.4) is 0 Å². The van der Waals surface area contributed by atoms with Crippen LogP contribution in [0, 0.1) is 6.92 Å². The van der Waals surface area contributed by atoms with Crippen molar-refractivity contribution < 1.29 is 9.53 Å². The average Bonchev–Trinajstić information content (AvgIpc) is 3.04. The fourth-order valence-electron chi connectivity index (χ4n) is 3.72. The minimum absolute atomic E-state index is 0.293. The minimum Gasteiger partial charge on any atom is -0.488 e. The number of benzene rings is 3. The molecule has 0 radical (unpaired) electrons. The molecule has 0 aliphatic carbocycles. The van der Waals surface area contributed by atoms with Crippen molar-refractivity contribution >= 4 is 34.6 Å².